The van der Waals surface area contributed by atoms with Gasteiger partial charge in [0.2, 0.25) is 0 Å². The summed E-state index contributed by atoms with van der Waals surface area (Å²) >= 11 is 0. The van der Waals surface area contributed by atoms with Crippen LogP contribution in [0, 0.1) is 5.92 Å². The molecule has 0 saturated carbocycles. The van der Waals surface area contributed by atoms with Gasteiger partial charge in [0, 0.05) is 32.3 Å². The van der Waals surface area contributed by atoms with E-state index in [9.17, 15) is 4.79 Å². The highest BCUT2D eigenvalue weighted by Gasteiger charge is 2.17. The largest absolute Gasteiger partial charge is 0.381 e. The summed E-state index contributed by atoms with van der Waals surface area (Å²) < 4.78 is 5.31. The van der Waals surface area contributed by atoms with Gasteiger partial charge in [0.15, 0.2) is 0 Å². The van der Waals surface area contributed by atoms with Crippen LogP contribution in [0.5, 0.6) is 0 Å². The van der Waals surface area contributed by atoms with Crippen LogP contribution in [-0.4, -0.2) is 44.9 Å². The minimum Gasteiger partial charge on any atom is -0.381 e. The van der Waals surface area contributed by atoms with Gasteiger partial charge in [0.1, 0.15) is 0 Å². The van der Waals surface area contributed by atoms with Crippen LogP contribution in [0.4, 0.5) is 4.79 Å². The van der Waals surface area contributed by atoms with Gasteiger partial charge in [-0.1, -0.05) is 6.42 Å². The number of nitrogens with one attached hydrogen (secondary N) is 3. The second-order valence-corrected chi connectivity index (χ2v) is 5.31. The number of hydrogen-bond acceptors (Lipinski definition) is 3. The number of amides is 2. The van der Waals surface area contributed by atoms with E-state index in [0.29, 0.717) is 5.92 Å². The zero-order valence-corrected chi connectivity index (χ0v) is 11.0. The lowest BCUT2D eigenvalue weighted by atomic mass is 10.0. The van der Waals surface area contributed by atoms with Crippen molar-refractivity contribution in [2.24, 2.45) is 5.92 Å². The maximum atomic E-state index is 11.8. The summed E-state index contributed by atoms with van der Waals surface area (Å²) in [7, 11) is 0. The lowest BCUT2D eigenvalue weighted by Crippen LogP contribution is -2.47. The Balaban J connectivity index is 1.61. The van der Waals surface area contributed by atoms with Gasteiger partial charge in [-0.05, 0) is 38.1 Å². The van der Waals surface area contributed by atoms with Crippen molar-refractivity contribution < 1.29 is 9.53 Å². The molecule has 0 aromatic heterocycles. The summed E-state index contributed by atoms with van der Waals surface area (Å²) in [5, 5.41) is 9.39. The molecule has 1 unspecified atom stereocenters. The number of rotatable bonds is 3. The normalized spacial score (nSPS) is 26.3. The molecule has 2 amide bonds. The Morgan fingerprint density at radius 2 is 2.06 bits per heavy atom. The third-order valence-electron chi connectivity index (χ3n) is 3.77. The molecular weight excluding hydrogens is 230 g/mol. The van der Waals surface area contributed by atoms with Gasteiger partial charge in [0.05, 0.1) is 0 Å². The molecule has 1 atom stereocenters. The number of urea groups is 1. The zero-order valence-electron chi connectivity index (χ0n) is 11.0. The average Bonchev–Trinajstić information content (AvgIpc) is 2.66. The van der Waals surface area contributed by atoms with Crippen LogP contribution in [-0.2, 0) is 4.74 Å². The van der Waals surface area contributed by atoms with E-state index in [2.05, 4.69) is 16.0 Å². The molecule has 0 bridgehead atoms. The summed E-state index contributed by atoms with van der Waals surface area (Å²) in [5.74, 6) is 0.580. The molecule has 2 rings (SSSR count). The van der Waals surface area contributed by atoms with E-state index in [4.69, 9.17) is 4.74 Å². The fraction of sp³-hybridized carbons (Fsp3) is 0.923. The molecule has 2 saturated heterocycles. The highest BCUT2D eigenvalue weighted by atomic mass is 16.5. The Labute approximate surface area is 109 Å². The smallest absolute Gasteiger partial charge is 0.315 e. The van der Waals surface area contributed by atoms with Crippen LogP contribution in [0.1, 0.15) is 32.1 Å². The van der Waals surface area contributed by atoms with Gasteiger partial charge in [-0.2, -0.15) is 0 Å². The first-order chi connectivity index (χ1) is 8.84. The van der Waals surface area contributed by atoms with Gasteiger partial charge < -0.3 is 20.7 Å². The Morgan fingerprint density at radius 3 is 2.89 bits per heavy atom. The van der Waals surface area contributed by atoms with E-state index in [1.165, 1.54) is 12.8 Å². The van der Waals surface area contributed by atoms with Crippen LogP contribution in [0.25, 0.3) is 0 Å². The molecule has 18 heavy (non-hydrogen) atoms. The molecule has 2 heterocycles. The molecule has 2 aliphatic rings. The first-order valence-electron chi connectivity index (χ1n) is 7.17. The molecule has 5 nitrogen and oxygen atoms in total. The monoisotopic (exact) mass is 255 g/mol. The van der Waals surface area contributed by atoms with E-state index in [1.807, 2.05) is 0 Å². The van der Waals surface area contributed by atoms with E-state index in [0.717, 1.165) is 52.1 Å². The van der Waals surface area contributed by atoms with E-state index >= 15 is 0 Å². The standard InChI is InChI=1S/C13H25N3O2/c17-13(15-9-11-4-7-18-8-5-11)16-12-3-1-2-6-14-10-12/h11-12,14H,1-10H2,(H2,15,16,17). The summed E-state index contributed by atoms with van der Waals surface area (Å²) in [6.45, 7) is 4.41. The first-order valence-corrected chi connectivity index (χ1v) is 7.17. The Kier molecular flexibility index (Phi) is 5.74. The van der Waals surface area contributed by atoms with Crippen molar-refractivity contribution in [1.82, 2.24) is 16.0 Å². The lowest BCUT2D eigenvalue weighted by molar-refractivity contribution is 0.0669. The number of carbonyl (C=O) groups is 1. The minimum absolute atomic E-state index is 0.0183. The van der Waals surface area contributed by atoms with Gasteiger partial charge in [0.25, 0.3) is 0 Å². The van der Waals surface area contributed by atoms with Crippen molar-refractivity contribution in [2.75, 3.05) is 32.8 Å². The van der Waals surface area contributed by atoms with Crippen LogP contribution in [0.2, 0.25) is 0 Å². The Morgan fingerprint density at radius 1 is 1.22 bits per heavy atom. The Bertz CT molecular complexity index is 247. The highest BCUT2D eigenvalue weighted by Crippen LogP contribution is 2.13. The molecule has 3 N–H and O–H groups in total. The SMILES string of the molecule is O=C(NCC1CCOCC1)NC1CCCCNC1. The van der Waals surface area contributed by atoms with Crippen molar-refractivity contribution in [1.29, 1.82) is 0 Å². The van der Waals surface area contributed by atoms with Crippen LogP contribution in [0.15, 0.2) is 0 Å². The van der Waals surface area contributed by atoms with Crippen LogP contribution >= 0.6 is 0 Å². The highest BCUT2D eigenvalue weighted by molar-refractivity contribution is 5.74. The van der Waals surface area contributed by atoms with Crippen molar-refractivity contribution in [3.05, 3.63) is 0 Å². The molecule has 0 aromatic carbocycles. The zero-order chi connectivity index (χ0) is 12.6. The number of carbonyl (C=O) groups excluding carboxylic acids is 1. The summed E-state index contributed by atoms with van der Waals surface area (Å²) in [4.78, 5) is 11.8. The van der Waals surface area contributed by atoms with Crippen molar-refractivity contribution >= 4 is 6.03 Å². The van der Waals surface area contributed by atoms with Gasteiger partial charge in [-0.15, -0.1) is 0 Å². The van der Waals surface area contributed by atoms with Crippen LogP contribution < -0.4 is 16.0 Å². The van der Waals surface area contributed by atoms with Crippen molar-refractivity contribution in [2.45, 2.75) is 38.1 Å². The fourth-order valence-corrected chi connectivity index (χ4v) is 2.57. The van der Waals surface area contributed by atoms with Gasteiger partial charge >= 0.3 is 6.03 Å². The molecule has 0 aromatic rings. The molecule has 5 heteroatoms. The maximum Gasteiger partial charge on any atom is 0.315 e. The first kappa shape index (κ1) is 13.6. The number of ether oxygens (including phenoxy) is 1. The van der Waals surface area contributed by atoms with Gasteiger partial charge in [-0.3, -0.25) is 0 Å². The molecule has 2 fully saturated rings. The molecular formula is C13H25N3O2. The van der Waals surface area contributed by atoms with E-state index < -0.39 is 0 Å². The summed E-state index contributed by atoms with van der Waals surface area (Å²) in [6.07, 6.45) is 5.61. The van der Waals surface area contributed by atoms with Crippen molar-refractivity contribution in [3.63, 3.8) is 0 Å². The predicted molar refractivity (Wildman–Crippen MR) is 70.6 cm³/mol. The predicted octanol–water partition coefficient (Wildman–Crippen LogP) is 0.854. The molecule has 0 spiro atoms. The van der Waals surface area contributed by atoms with Crippen LogP contribution in [0.3, 0.4) is 0 Å². The van der Waals surface area contributed by atoms with E-state index in [1.54, 1.807) is 0 Å². The Hall–Kier alpha value is -0.810. The molecule has 104 valence electrons. The quantitative estimate of drug-likeness (QED) is 0.701. The lowest BCUT2D eigenvalue weighted by Gasteiger charge is -2.23. The molecule has 0 radical (unpaired) electrons. The third-order valence-corrected chi connectivity index (χ3v) is 3.77. The fourth-order valence-electron chi connectivity index (χ4n) is 2.57. The molecule has 0 aliphatic carbocycles. The maximum absolute atomic E-state index is 11.8. The topological polar surface area (TPSA) is 62.4 Å². The minimum atomic E-state index is -0.0183. The second kappa shape index (κ2) is 7.59. The molecule has 2 aliphatic heterocycles. The summed E-state index contributed by atoms with van der Waals surface area (Å²) in [5.41, 5.74) is 0. The van der Waals surface area contributed by atoms with E-state index in [-0.39, 0.29) is 12.1 Å². The third kappa shape index (κ3) is 4.82. The van der Waals surface area contributed by atoms with Gasteiger partial charge in [-0.25, -0.2) is 4.79 Å². The van der Waals surface area contributed by atoms with Crippen molar-refractivity contribution in [3.8, 4) is 0 Å². The average molecular weight is 255 g/mol. The second-order valence-electron chi connectivity index (χ2n) is 5.31. The number of hydrogen-bond donors (Lipinski definition) is 3. The summed E-state index contributed by atoms with van der Waals surface area (Å²) in [6, 6.07) is 0.261.